The van der Waals surface area contributed by atoms with Crippen LogP contribution in [0.1, 0.15) is 47.2 Å². The predicted octanol–water partition coefficient (Wildman–Crippen LogP) is 6.87. The molecule has 1 aliphatic rings. The second-order valence-corrected chi connectivity index (χ2v) is 12.5. The summed E-state index contributed by atoms with van der Waals surface area (Å²) in [5, 5.41) is 0. The summed E-state index contributed by atoms with van der Waals surface area (Å²) in [4.78, 5) is 3.46. The molecule has 2 nitrogen and oxygen atoms in total. The minimum atomic E-state index is -1.18. The fraction of sp³-hybridized carbons (Fsp3) is 0.200. The van der Waals surface area contributed by atoms with Crippen LogP contribution >= 0.6 is 0 Å². The van der Waals surface area contributed by atoms with Gasteiger partial charge in [-0.1, -0.05) is 73.5 Å². The number of benzene rings is 4. The molecule has 34 heavy (non-hydrogen) atoms. The van der Waals surface area contributed by atoms with Crippen molar-refractivity contribution in [3.63, 3.8) is 0 Å². The molecule has 4 aromatic rings. The van der Waals surface area contributed by atoms with Crippen molar-refractivity contribution >= 4 is 21.6 Å². The zero-order valence-electron chi connectivity index (χ0n) is 19.9. The van der Waals surface area contributed by atoms with E-state index in [-0.39, 0.29) is 5.41 Å². The van der Waals surface area contributed by atoms with Crippen molar-refractivity contribution in [1.29, 1.82) is 0 Å². The van der Waals surface area contributed by atoms with E-state index in [9.17, 15) is 8.42 Å². The van der Waals surface area contributed by atoms with Crippen molar-refractivity contribution in [2.45, 2.75) is 59.1 Å². The molecule has 1 aliphatic heterocycles. The first-order chi connectivity index (χ1) is 16.2. The minimum Gasteiger partial charge on any atom is -0.249 e. The van der Waals surface area contributed by atoms with Gasteiger partial charge in [0.25, 0.3) is 0 Å². The Balaban J connectivity index is 1.42. The van der Waals surface area contributed by atoms with E-state index in [2.05, 4.69) is 51.1 Å². The van der Waals surface area contributed by atoms with Gasteiger partial charge in [-0.15, -0.1) is 0 Å². The van der Waals surface area contributed by atoms with Crippen LogP contribution in [0, 0.1) is 13.8 Å². The van der Waals surface area contributed by atoms with Crippen LogP contribution < -0.4 is 0 Å². The van der Waals surface area contributed by atoms with Crippen molar-refractivity contribution in [3.8, 4) is 0 Å². The maximum absolute atomic E-state index is 13.3. The molecule has 1 heterocycles. The lowest BCUT2D eigenvalue weighted by atomic mass is 9.76. The summed E-state index contributed by atoms with van der Waals surface area (Å²) < 4.78 is 26.2. The molecule has 0 fully saturated rings. The summed E-state index contributed by atoms with van der Waals surface area (Å²) in [5.74, 6) is 0. The summed E-state index contributed by atoms with van der Waals surface area (Å²) >= 11 is 0. The number of aryl methyl sites for hydroxylation is 2. The van der Waals surface area contributed by atoms with E-state index in [4.69, 9.17) is 0 Å². The molecule has 0 aliphatic carbocycles. The fourth-order valence-corrected chi connectivity index (χ4v) is 7.35. The van der Waals surface area contributed by atoms with Crippen LogP contribution in [0.2, 0.25) is 0 Å². The zero-order valence-corrected chi connectivity index (χ0v) is 21.6. The average Bonchev–Trinajstić information content (AvgIpc) is 2.83. The van der Waals surface area contributed by atoms with Crippen molar-refractivity contribution < 1.29 is 8.42 Å². The molecule has 0 aromatic heterocycles. The third kappa shape index (κ3) is 4.10. The zero-order chi connectivity index (χ0) is 24.0. The highest BCUT2D eigenvalue weighted by molar-refractivity contribution is 7.85. The molecule has 0 spiro atoms. The second kappa shape index (κ2) is 8.75. The van der Waals surface area contributed by atoms with Gasteiger partial charge in [0.05, 0.1) is 21.6 Å². The van der Waals surface area contributed by atoms with Gasteiger partial charge in [0, 0.05) is 25.0 Å². The van der Waals surface area contributed by atoms with Crippen LogP contribution in [0.25, 0.3) is 0 Å². The standard InChI is InChI=1S/C30H28O2S2/c1-20-5-11-24(12-6-20)33(31)25-13-8-22(9-14-25)18-23-10-16-29-27(19-23)30(3,4)26-17-21(2)7-15-28(26)34(29)32/h5-17,19H,18H2,1-4H3. The molecule has 0 saturated heterocycles. The Hall–Kier alpha value is -2.82. The van der Waals surface area contributed by atoms with Crippen LogP contribution in [0.3, 0.4) is 0 Å². The van der Waals surface area contributed by atoms with Gasteiger partial charge in [-0.25, -0.2) is 8.42 Å². The normalized spacial score (nSPS) is 17.0. The third-order valence-corrected chi connectivity index (χ3v) is 9.62. The summed E-state index contributed by atoms with van der Waals surface area (Å²) in [6.45, 7) is 8.56. The lowest BCUT2D eigenvalue weighted by molar-refractivity contribution is 0.592. The number of hydrogen-bond acceptors (Lipinski definition) is 2. The maximum atomic E-state index is 13.3. The van der Waals surface area contributed by atoms with Gasteiger partial charge in [-0.2, -0.15) is 0 Å². The Morgan fingerprint density at radius 2 is 1.18 bits per heavy atom. The molecule has 4 heteroatoms. The van der Waals surface area contributed by atoms with Gasteiger partial charge < -0.3 is 0 Å². The van der Waals surface area contributed by atoms with E-state index < -0.39 is 21.6 Å². The van der Waals surface area contributed by atoms with Gasteiger partial charge in [-0.3, -0.25) is 0 Å². The molecular formula is C30H28O2S2. The Labute approximate surface area is 207 Å². The van der Waals surface area contributed by atoms with Gasteiger partial charge >= 0.3 is 0 Å². The van der Waals surface area contributed by atoms with Gasteiger partial charge in [0.1, 0.15) is 0 Å². The molecule has 0 amide bonds. The number of hydrogen-bond donors (Lipinski definition) is 0. The first-order valence-electron chi connectivity index (χ1n) is 11.5. The molecule has 2 unspecified atom stereocenters. The van der Waals surface area contributed by atoms with Crippen molar-refractivity contribution in [2.75, 3.05) is 0 Å². The van der Waals surface area contributed by atoms with Crippen molar-refractivity contribution in [1.82, 2.24) is 0 Å². The van der Waals surface area contributed by atoms with Gasteiger partial charge in [-0.05, 0) is 78.9 Å². The molecule has 0 saturated carbocycles. The van der Waals surface area contributed by atoms with Crippen LogP contribution in [0.4, 0.5) is 0 Å². The van der Waals surface area contributed by atoms with Gasteiger partial charge in [0.15, 0.2) is 0 Å². The summed E-state index contributed by atoms with van der Waals surface area (Å²) in [6.07, 6.45) is 0.772. The minimum absolute atomic E-state index is 0.213. The van der Waals surface area contributed by atoms with E-state index in [1.807, 2.05) is 61.5 Å². The predicted molar refractivity (Wildman–Crippen MR) is 140 cm³/mol. The highest BCUT2D eigenvalue weighted by Gasteiger charge is 2.36. The van der Waals surface area contributed by atoms with E-state index in [0.717, 1.165) is 48.3 Å². The maximum Gasteiger partial charge on any atom is 0.0855 e. The smallest absolute Gasteiger partial charge is 0.0855 e. The third-order valence-electron chi connectivity index (χ3n) is 6.71. The van der Waals surface area contributed by atoms with E-state index in [1.165, 1.54) is 11.1 Å². The Kier molecular flexibility index (Phi) is 5.91. The first-order valence-corrected chi connectivity index (χ1v) is 13.8. The summed E-state index contributed by atoms with van der Waals surface area (Å²) in [5.41, 5.74) is 6.77. The molecule has 0 bridgehead atoms. The Bertz CT molecular complexity index is 1430. The highest BCUT2D eigenvalue weighted by Crippen LogP contribution is 2.44. The molecule has 0 N–H and O–H groups in total. The molecule has 5 rings (SSSR count). The molecule has 172 valence electrons. The van der Waals surface area contributed by atoms with Crippen LogP contribution in [-0.2, 0) is 33.4 Å². The SMILES string of the molecule is Cc1ccc(S(=O)c2ccc(Cc3ccc4c(c3)C(C)(C)c3cc(C)ccc3S4=O)cc2)cc1. The first kappa shape index (κ1) is 22.9. The van der Waals surface area contributed by atoms with Crippen LogP contribution in [0.15, 0.2) is 105 Å². The summed E-state index contributed by atoms with van der Waals surface area (Å²) in [6, 6.07) is 28.5. The topological polar surface area (TPSA) is 34.1 Å². The number of fused-ring (bicyclic) bond motifs is 2. The van der Waals surface area contributed by atoms with E-state index in [1.54, 1.807) is 0 Å². The molecular weight excluding hydrogens is 456 g/mol. The Morgan fingerprint density at radius 3 is 1.82 bits per heavy atom. The van der Waals surface area contributed by atoms with E-state index >= 15 is 0 Å². The second-order valence-electron chi connectivity index (χ2n) is 9.63. The van der Waals surface area contributed by atoms with Crippen LogP contribution in [0.5, 0.6) is 0 Å². The molecule has 4 aromatic carbocycles. The van der Waals surface area contributed by atoms with Crippen LogP contribution in [-0.4, -0.2) is 8.42 Å². The highest BCUT2D eigenvalue weighted by atomic mass is 32.2. The molecule has 2 atom stereocenters. The lowest BCUT2D eigenvalue weighted by Crippen LogP contribution is -2.28. The van der Waals surface area contributed by atoms with Crippen molar-refractivity contribution in [2.24, 2.45) is 0 Å². The molecule has 0 radical (unpaired) electrons. The summed E-state index contributed by atoms with van der Waals surface area (Å²) in [7, 11) is -2.34. The Morgan fingerprint density at radius 1 is 0.676 bits per heavy atom. The average molecular weight is 485 g/mol. The monoisotopic (exact) mass is 484 g/mol. The fourth-order valence-electron chi connectivity index (χ4n) is 4.66. The van der Waals surface area contributed by atoms with E-state index in [0.29, 0.717) is 0 Å². The van der Waals surface area contributed by atoms with Gasteiger partial charge in [0.2, 0.25) is 0 Å². The largest absolute Gasteiger partial charge is 0.249 e. The quantitative estimate of drug-likeness (QED) is 0.317. The lowest BCUT2D eigenvalue weighted by Gasteiger charge is -2.35. The number of rotatable bonds is 4. The van der Waals surface area contributed by atoms with Crippen molar-refractivity contribution in [3.05, 3.63) is 118 Å².